The summed E-state index contributed by atoms with van der Waals surface area (Å²) in [4.78, 5) is 28.9. The van der Waals surface area contributed by atoms with Crippen LogP contribution in [0.1, 0.15) is 65.2 Å². The molecule has 3 rings (SSSR count). The fourth-order valence-corrected chi connectivity index (χ4v) is 3.95. The fourth-order valence-electron chi connectivity index (χ4n) is 3.75. The molecule has 2 fully saturated rings. The minimum absolute atomic E-state index is 0.0917. The van der Waals surface area contributed by atoms with E-state index in [2.05, 4.69) is 0 Å². The number of carbonyl (C=O) groups is 2. The number of amides is 2. The molecule has 1 aromatic rings. The summed E-state index contributed by atoms with van der Waals surface area (Å²) in [7, 11) is 1.11. The zero-order valence-electron chi connectivity index (χ0n) is 20.3. The second-order valence-corrected chi connectivity index (χ2v) is 11.0. The van der Waals surface area contributed by atoms with Gasteiger partial charge in [-0.2, -0.15) is 0 Å². The van der Waals surface area contributed by atoms with Gasteiger partial charge in [-0.3, -0.25) is 4.79 Å². The van der Waals surface area contributed by atoms with E-state index in [0.29, 0.717) is 35.6 Å². The van der Waals surface area contributed by atoms with Gasteiger partial charge in [0.2, 0.25) is 0 Å². The Morgan fingerprint density at radius 3 is 2.34 bits per heavy atom. The molecule has 0 saturated carbocycles. The van der Waals surface area contributed by atoms with Gasteiger partial charge in [-0.05, 0) is 73.1 Å². The van der Waals surface area contributed by atoms with Gasteiger partial charge in [0.25, 0.3) is 5.91 Å². The third-order valence-corrected chi connectivity index (χ3v) is 6.78. The molecule has 0 aliphatic carbocycles. The third kappa shape index (κ3) is 5.08. The number of likely N-dealkylation sites (N-methyl/N-ethyl adjacent to an activating group) is 1. The standard InChI is InChI=1S/C23H34BClN2O5/c1-21(2,3)30-20(29)27-12-11-16(14-27)26(8)19(28)15-9-10-18(25)17(13-15)24-31-22(4,5)23(6,7)32-24/h9-10,13,16H,11-12,14H2,1-8H3. The molecule has 0 radical (unpaired) electrons. The van der Waals surface area contributed by atoms with E-state index in [-0.39, 0.29) is 18.0 Å². The Morgan fingerprint density at radius 1 is 1.19 bits per heavy atom. The van der Waals surface area contributed by atoms with Crippen LogP contribution in [0.4, 0.5) is 4.79 Å². The van der Waals surface area contributed by atoms with Crippen LogP contribution in [0.3, 0.4) is 0 Å². The first kappa shape index (κ1) is 24.9. The van der Waals surface area contributed by atoms with Gasteiger partial charge < -0.3 is 23.8 Å². The van der Waals surface area contributed by atoms with Crippen molar-refractivity contribution >= 4 is 36.2 Å². The molecule has 0 N–H and O–H groups in total. The van der Waals surface area contributed by atoms with Crippen LogP contribution < -0.4 is 5.46 Å². The van der Waals surface area contributed by atoms with E-state index < -0.39 is 23.9 Å². The van der Waals surface area contributed by atoms with Gasteiger partial charge in [0.05, 0.1) is 17.2 Å². The lowest BCUT2D eigenvalue weighted by atomic mass is 9.78. The van der Waals surface area contributed by atoms with Gasteiger partial charge in [-0.15, -0.1) is 0 Å². The lowest BCUT2D eigenvalue weighted by Gasteiger charge is -2.32. The molecule has 2 aliphatic heterocycles. The van der Waals surface area contributed by atoms with Gasteiger partial charge in [-0.1, -0.05) is 11.6 Å². The molecule has 9 heteroatoms. The highest BCUT2D eigenvalue weighted by Gasteiger charge is 2.52. The van der Waals surface area contributed by atoms with E-state index in [4.69, 9.17) is 25.6 Å². The monoisotopic (exact) mass is 464 g/mol. The predicted molar refractivity (Wildman–Crippen MR) is 125 cm³/mol. The van der Waals surface area contributed by atoms with E-state index in [1.807, 2.05) is 48.5 Å². The molecule has 7 nitrogen and oxygen atoms in total. The maximum atomic E-state index is 13.2. The van der Waals surface area contributed by atoms with Crippen molar-refractivity contribution in [1.82, 2.24) is 9.80 Å². The Bertz CT molecular complexity index is 883. The van der Waals surface area contributed by atoms with Crippen LogP contribution >= 0.6 is 11.6 Å². The highest BCUT2D eigenvalue weighted by Crippen LogP contribution is 2.37. The predicted octanol–water partition coefficient (Wildman–Crippen LogP) is 3.72. The Hall–Kier alpha value is -1.77. The van der Waals surface area contributed by atoms with Gasteiger partial charge >= 0.3 is 13.2 Å². The van der Waals surface area contributed by atoms with Gasteiger partial charge in [0.15, 0.2) is 0 Å². The lowest BCUT2D eigenvalue weighted by molar-refractivity contribution is 0.00578. The van der Waals surface area contributed by atoms with Crippen LogP contribution in [0, 0.1) is 0 Å². The summed E-state index contributed by atoms with van der Waals surface area (Å²) in [6, 6.07) is 5.05. The average Bonchev–Trinajstić information content (AvgIpc) is 3.22. The van der Waals surface area contributed by atoms with Crippen LogP contribution in [0.25, 0.3) is 0 Å². The first-order chi connectivity index (χ1) is 14.6. The molecule has 32 heavy (non-hydrogen) atoms. The fraction of sp³-hybridized carbons (Fsp3) is 0.652. The first-order valence-electron chi connectivity index (χ1n) is 11.0. The number of carbonyl (C=O) groups excluding carboxylic acids is 2. The van der Waals surface area contributed by atoms with E-state index in [1.165, 1.54) is 0 Å². The molecule has 2 saturated heterocycles. The minimum atomic E-state index is -0.653. The minimum Gasteiger partial charge on any atom is -0.444 e. The number of hydrogen-bond acceptors (Lipinski definition) is 5. The molecule has 2 amide bonds. The van der Waals surface area contributed by atoms with Crippen LogP contribution in [0.2, 0.25) is 5.02 Å². The Labute approximate surface area is 196 Å². The van der Waals surface area contributed by atoms with Crippen molar-refractivity contribution in [2.45, 2.75) is 77.7 Å². The second-order valence-electron chi connectivity index (χ2n) is 10.6. The maximum Gasteiger partial charge on any atom is 0.496 e. The SMILES string of the molecule is CN(C(=O)c1ccc(Cl)c(B2OC(C)(C)C(C)(C)O2)c1)C1CCN(C(=O)OC(C)(C)C)C1. The average molecular weight is 465 g/mol. The number of nitrogens with zero attached hydrogens (tertiary/aromatic N) is 2. The number of likely N-dealkylation sites (tertiary alicyclic amines) is 1. The normalized spacial score (nSPS) is 22.2. The van der Waals surface area contributed by atoms with Crippen LogP contribution in [0.15, 0.2) is 18.2 Å². The largest absolute Gasteiger partial charge is 0.496 e. The number of hydrogen-bond donors (Lipinski definition) is 0. The maximum absolute atomic E-state index is 13.2. The van der Waals surface area contributed by atoms with Crippen molar-refractivity contribution in [2.24, 2.45) is 0 Å². The molecule has 2 aliphatic rings. The van der Waals surface area contributed by atoms with E-state index in [1.54, 1.807) is 35.0 Å². The Kier molecular flexibility index (Phi) is 6.64. The summed E-state index contributed by atoms with van der Waals surface area (Å²) in [6.45, 7) is 14.4. The Balaban J connectivity index is 1.72. The van der Waals surface area contributed by atoms with Gasteiger partial charge in [0, 0.05) is 36.2 Å². The summed E-state index contributed by atoms with van der Waals surface area (Å²) in [6.07, 6.45) is 0.342. The van der Waals surface area contributed by atoms with Crippen molar-refractivity contribution < 1.29 is 23.6 Å². The molecule has 1 atom stereocenters. The van der Waals surface area contributed by atoms with E-state index >= 15 is 0 Å². The van der Waals surface area contributed by atoms with Gasteiger partial charge in [0.1, 0.15) is 5.60 Å². The number of halogens is 1. The van der Waals surface area contributed by atoms with Crippen molar-refractivity contribution in [3.63, 3.8) is 0 Å². The van der Waals surface area contributed by atoms with E-state index in [9.17, 15) is 9.59 Å². The molecule has 2 heterocycles. The third-order valence-electron chi connectivity index (χ3n) is 6.43. The first-order valence-corrected chi connectivity index (χ1v) is 11.4. The summed E-state index contributed by atoms with van der Waals surface area (Å²) in [5.41, 5.74) is -0.437. The van der Waals surface area contributed by atoms with Crippen molar-refractivity contribution in [3.8, 4) is 0 Å². The van der Waals surface area contributed by atoms with Crippen molar-refractivity contribution in [3.05, 3.63) is 28.8 Å². The van der Waals surface area contributed by atoms with Crippen LogP contribution in [-0.2, 0) is 14.0 Å². The van der Waals surface area contributed by atoms with Gasteiger partial charge in [-0.25, -0.2) is 4.79 Å². The zero-order chi connectivity index (χ0) is 24.1. The lowest BCUT2D eigenvalue weighted by Crippen LogP contribution is -2.42. The molecule has 1 unspecified atom stereocenters. The molecule has 0 bridgehead atoms. The van der Waals surface area contributed by atoms with Crippen molar-refractivity contribution in [1.29, 1.82) is 0 Å². The van der Waals surface area contributed by atoms with Crippen molar-refractivity contribution in [2.75, 3.05) is 20.1 Å². The number of ether oxygens (including phenoxy) is 1. The Morgan fingerprint density at radius 2 is 1.78 bits per heavy atom. The molecular formula is C23H34BClN2O5. The molecule has 176 valence electrons. The molecule has 0 aromatic heterocycles. The molecule has 1 aromatic carbocycles. The molecule has 0 spiro atoms. The quantitative estimate of drug-likeness (QED) is 0.638. The summed E-state index contributed by atoms with van der Waals surface area (Å²) < 4.78 is 17.7. The topological polar surface area (TPSA) is 68.3 Å². The second kappa shape index (κ2) is 8.54. The summed E-state index contributed by atoms with van der Waals surface area (Å²) in [5, 5.41) is 0.486. The number of benzene rings is 1. The highest BCUT2D eigenvalue weighted by molar-refractivity contribution is 6.65. The highest BCUT2D eigenvalue weighted by atomic mass is 35.5. The smallest absolute Gasteiger partial charge is 0.444 e. The summed E-state index contributed by atoms with van der Waals surface area (Å²) >= 11 is 6.44. The van der Waals surface area contributed by atoms with E-state index in [0.717, 1.165) is 0 Å². The molecular weight excluding hydrogens is 431 g/mol. The van der Waals surface area contributed by atoms with Crippen LogP contribution in [-0.4, -0.2) is 71.9 Å². The van der Waals surface area contributed by atoms with Crippen LogP contribution in [0.5, 0.6) is 0 Å². The number of rotatable bonds is 3. The zero-order valence-corrected chi connectivity index (χ0v) is 21.1. The summed E-state index contributed by atoms with van der Waals surface area (Å²) in [5.74, 6) is -0.143.